The van der Waals surface area contributed by atoms with Crippen molar-refractivity contribution in [2.45, 2.75) is 95.9 Å². The van der Waals surface area contributed by atoms with Crippen LogP contribution in [0.1, 0.15) is 89.9 Å². The van der Waals surface area contributed by atoms with Crippen molar-refractivity contribution < 1.29 is 4.79 Å². The molecular weight excluding hydrogens is 424 g/mol. The van der Waals surface area contributed by atoms with Gasteiger partial charge in [-0.2, -0.15) is 0 Å². The number of allylic oxidation sites excluding steroid dienone is 2. The Morgan fingerprint density at radius 2 is 1.56 bits per heavy atom. The molecule has 0 heterocycles. The Kier molecular flexibility index (Phi) is 15.7. The quantitative estimate of drug-likeness (QED) is 0.0536. The molecule has 2 aliphatic carbocycles. The van der Waals surface area contributed by atoms with Crippen molar-refractivity contribution in [2.75, 3.05) is 39.3 Å². The molecule has 2 bridgehead atoms. The SMILES string of the molecule is NCCCNCCCCCCCCCN(N)C(=O)C[C@H](N)CCCCNCC1CC2C=CC1C2. The fourth-order valence-corrected chi connectivity index (χ4v) is 5.41. The Balaban J connectivity index is 1.34. The van der Waals surface area contributed by atoms with E-state index in [1.165, 1.54) is 50.0 Å². The number of nitrogens with two attached hydrogens (primary N) is 3. The zero-order valence-electron chi connectivity index (χ0n) is 21.7. The summed E-state index contributed by atoms with van der Waals surface area (Å²) in [6.07, 6.45) is 20.5. The Morgan fingerprint density at radius 3 is 2.26 bits per heavy atom. The van der Waals surface area contributed by atoms with Crippen LogP contribution >= 0.6 is 0 Å². The zero-order valence-corrected chi connectivity index (χ0v) is 21.7. The molecule has 3 unspecified atom stereocenters. The van der Waals surface area contributed by atoms with Gasteiger partial charge in [-0.25, -0.2) is 5.84 Å². The minimum absolute atomic E-state index is 0.0166. The van der Waals surface area contributed by atoms with Crippen molar-refractivity contribution in [3.05, 3.63) is 12.2 Å². The van der Waals surface area contributed by atoms with Crippen molar-refractivity contribution in [3.63, 3.8) is 0 Å². The van der Waals surface area contributed by atoms with Gasteiger partial charge in [-0.1, -0.05) is 50.7 Å². The molecule has 1 fully saturated rings. The molecule has 0 aromatic carbocycles. The number of hydrogen-bond donors (Lipinski definition) is 5. The summed E-state index contributed by atoms with van der Waals surface area (Å²) in [6, 6.07) is -0.0842. The maximum atomic E-state index is 12.3. The number of hydrogen-bond acceptors (Lipinski definition) is 6. The minimum Gasteiger partial charge on any atom is -0.330 e. The minimum atomic E-state index is -0.0842. The molecular formula is C27H54N6O. The van der Waals surface area contributed by atoms with Crippen molar-refractivity contribution in [1.29, 1.82) is 0 Å². The molecule has 8 N–H and O–H groups in total. The van der Waals surface area contributed by atoms with Gasteiger partial charge in [0.2, 0.25) is 5.91 Å². The zero-order chi connectivity index (χ0) is 24.4. The van der Waals surface area contributed by atoms with Crippen LogP contribution in [0.15, 0.2) is 12.2 Å². The van der Waals surface area contributed by atoms with E-state index < -0.39 is 0 Å². The third-order valence-corrected chi connectivity index (χ3v) is 7.57. The molecule has 0 saturated heterocycles. The van der Waals surface area contributed by atoms with Crippen LogP contribution in [0.4, 0.5) is 0 Å². The highest BCUT2D eigenvalue weighted by Crippen LogP contribution is 2.42. The van der Waals surface area contributed by atoms with E-state index >= 15 is 0 Å². The summed E-state index contributed by atoms with van der Waals surface area (Å²) < 4.78 is 0. The van der Waals surface area contributed by atoms with Gasteiger partial charge in [0.05, 0.1) is 0 Å². The van der Waals surface area contributed by atoms with Crippen LogP contribution in [-0.2, 0) is 4.79 Å². The number of carbonyl (C=O) groups excluding carboxylic acids is 1. The van der Waals surface area contributed by atoms with E-state index in [-0.39, 0.29) is 11.9 Å². The lowest BCUT2D eigenvalue weighted by Crippen LogP contribution is -2.41. The lowest BCUT2D eigenvalue weighted by Gasteiger charge is -2.20. The van der Waals surface area contributed by atoms with Crippen LogP contribution in [0.2, 0.25) is 0 Å². The molecule has 7 heteroatoms. The van der Waals surface area contributed by atoms with Gasteiger partial charge in [-0.05, 0) is 95.4 Å². The van der Waals surface area contributed by atoms with Crippen LogP contribution in [0, 0.1) is 17.8 Å². The summed E-state index contributed by atoms with van der Waals surface area (Å²) in [7, 11) is 0. The van der Waals surface area contributed by atoms with Gasteiger partial charge >= 0.3 is 0 Å². The number of carbonyl (C=O) groups is 1. The smallest absolute Gasteiger partial charge is 0.238 e. The number of nitrogens with one attached hydrogen (secondary N) is 2. The normalized spacial score (nSPS) is 21.9. The lowest BCUT2D eigenvalue weighted by atomic mass is 9.93. The van der Waals surface area contributed by atoms with E-state index in [4.69, 9.17) is 17.3 Å². The first-order valence-electron chi connectivity index (χ1n) is 14.2. The maximum absolute atomic E-state index is 12.3. The van der Waals surface area contributed by atoms with Gasteiger partial charge < -0.3 is 22.1 Å². The Bertz CT molecular complexity index is 557. The van der Waals surface area contributed by atoms with E-state index in [0.717, 1.165) is 89.0 Å². The average molecular weight is 479 g/mol. The van der Waals surface area contributed by atoms with E-state index in [0.29, 0.717) is 13.0 Å². The molecule has 1 amide bonds. The molecule has 0 radical (unpaired) electrons. The molecule has 198 valence electrons. The number of amides is 1. The van der Waals surface area contributed by atoms with E-state index in [1.54, 1.807) is 0 Å². The average Bonchev–Trinajstić information content (AvgIpc) is 3.45. The van der Waals surface area contributed by atoms with Gasteiger partial charge in [-0.15, -0.1) is 0 Å². The van der Waals surface area contributed by atoms with Gasteiger partial charge in [0, 0.05) is 19.0 Å². The second-order valence-corrected chi connectivity index (χ2v) is 10.7. The summed E-state index contributed by atoms with van der Waals surface area (Å²) in [5.74, 6) is 8.47. The van der Waals surface area contributed by atoms with Crippen LogP contribution in [0.5, 0.6) is 0 Å². The molecule has 34 heavy (non-hydrogen) atoms. The molecule has 0 spiro atoms. The first-order valence-corrected chi connectivity index (χ1v) is 14.2. The van der Waals surface area contributed by atoms with Gasteiger partial charge in [0.25, 0.3) is 0 Å². The summed E-state index contributed by atoms with van der Waals surface area (Å²) in [6.45, 7) is 5.73. The molecule has 2 aliphatic rings. The van der Waals surface area contributed by atoms with Crippen molar-refractivity contribution >= 4 is 5.91 Å². The highest BCUT2D eigenvalue weighted by Gasteiger charge is 2.34. The third kappa shape index (κ3) is 12.6. The Labute approximate surface area is 209 Å². The Morgan fingerprint density at radius 1 is 0.882 bits per heavy atom. The molecule has 0 aliphatic heterocycles. The van der Waals surface area contributed by atoms with Crippen LogP contribution < -0.4 is 27.9 Å². The summed E-state index contributed by atoms with van der Waals surface area (Å²) in [5.41, 5.74) is 11.7. The predicted octanol–water partition coefficient (Wildman–Crippen LogP) is 3.05. The van der Waals surface area contributed by atoms with Crippen LogP contribution in [0.25, 0.3) is 0 Å². The molecule has 0 aromatic rings. The predicted molar refractivity (Wildman–Crippen MR) is 143 cm³/mol. The standard InChI is InChI=1S/C27H54N6O/c28-14-10-17-31-15-7-4-2-1-3-5-9-18-33(30)27(34)21-26(29)11-6-8-16-32-22-25-20-23-12-13-24(25)19-23/h12-13,23-26,31-32H,1-11,14-22,28-30H2/t23?,24?,25?,26-/m1/s1. The second kappa shape index (κ2) is 18.3. The number of fused-ring (bicyclic) bond motifs is 2. The Hall–Kier alpha value is -0.990. The van der Waals surface area contributed by atoms with E-state index in [1.807, 2.05) is 0 Å². The maximum Gasteiger partial charge on any atom is 0.238 e. The highest BCUT2D eigenvalue weighted by molar-refractivity contribution is 5.76. The molecule has 2 rings (SSSR count). The van der Waals surface area contributed by atoms with Crippen molar-refractivity contribution in [1.82, 2.24) is 15.6 Å². The fourth-order valence-electron chi connectivity index (χ4n) is 5.41. The molecule has 0 aromatic heterocycles. The largest absolute Gasteiger partial charge is 0.330 e. The summed E-state index contributed by atoms with van der Waals surface area (Å²) in [5, 5.41) is 8.43. The first kappa shape index (κ1) is 29.2. The topological polar surface area (TPSA) is 122 Å². The molecule has 7 nitrogen and oxygen atoms in total. The number of unbranched alkanes of at least 4 members (excludes halogenated alkanes) is 7. The highest BCUT2D eigenvalue weighted by atomic mass is 16.2. The fraction of sp³-hybridized carbons (Fsp3) is 0.889. The number of nitrogens with zero attached hydrogens (tertiary/aromatic N) is 1. The monoisotopic (exact) mass is 478 g/mol. The molecule has 1 saturated carbocycles. The first-order chi connectivity index (χ1) is 16.6. The van der Waals surface area contributed by atoms with E-state index in [9.17, 15) is 4.79 Å². The van der Waals surface area contributed by atoms with Crippen molar-refractivity contribution in [2.24, 2.45) is 35.1 Å². The summed E-state index contributed by atoms with van der Waals surface area (Å²) >= 11 is 0. The second-order valence-electron chi connectivity index (χ2n) is 10.7. The van der Waals surface area contributed by atoms with Crippen LogP contribution in [0.3, 0.4) is 0 Å². The molecule has 4 atom stereocenters. The van der Waals surface area contributed by atoms with Crippen molar-refractivity contribution in [3.8, 4) is 0 Å². The number of hydrazine groups is 1. The third-order valence-electron chi connectivity index (χ3n) is 7.57. The summed E-state index contributed by atoms with van der Waals surface area (Å²) in [4.78, 5) is 12.3. The number of rotatable bonds is 22. The van der Waals surface area contributed by atoms with Crippen LogP contribution in [-0.4, -0.2) is 56.2 Å². The lowest BCUT2D eigenvalue weighted by molar-refractivity contribution is -0.132. The van der Waals surface area contributed by atoms with Gasteiger partial charge in [0.1, 0.15) is 0 Å². The van der Waals surface area contributed by atoms with E-state index in [2.05, 4.69) is 22.8 Å². The van der Waals surface area contributed by atoms with Gasteiger partial charge in [-0.3, -0.25) is 9.80 Å². The van der Waals surface area contributed by atoms with Gasteiger partial charge in [0.15, 0.2) is 0 Å².